The van der Waals surface area contributed by atoms with Crippen molar-refractivity contribution in [1.29, 1.82) is 0 Å². The van der Waals surface area contributed by atoms with Crippen molar-refractivity contribution in [1.82, 2.24) is 0 Å². The van der Waals surface area contributed by atoms with Crippen molar-refractivity contribution in [3.05, 3.63) is 11.6 Å². The third-order valence-electron chi connectivity index (χ3n) is 4.48. The van der Waals surface area contributed by atoms with E-state index in [0.717, 1.165) is 11.8 Å². The van der Waals surface area contributed by atoms with Crippen LogP contribution >= 0.6 is 0 Å². The van der Waals surface area contributed by atoms with E-state index in [9.17, 15) is 0 Å². The fourth-order valence-corrected chi connectivity index (χ4v) is 3.59. The Bertz CT molecular complexity index is 234. The van der Waals surface area contributed by atoms with Crippen molar-refractivity contribution in [3.8, 4) is 0 Å². The Kier molecular flexibility index (Phi) is 2.72. The van der Waals surface area contributed by atoms with Gasteiger partial charge in [-0.3, -0.25) is 0 Å². The molecule has 0 bridgehead atoms. The topological polar surface area (TPSA) is 0 Å². The molecule has 0 heterocycles. The van der Waals surface area contributed by atoms with Crippen LogP contribution in [0.5, 0.6) is 0 Å². The van der Waals surface area contributed by atoms with Crippen LogP contribution in [0.4, 0.5) is 0 Å². The summed E-state index contributed by atoms with van der Waals surface area (Å²) in [6.45, 7) is 7.24. The van der Waals surface area contributed by atoms with Crippen LogP contribution in [0.2, 0.25) is 0 Å². The molecule has 14 heavy (non-hydrogen) atoms. The van der Waals surface area contributed by atoms with Crippen molar-refractivity contribution >= 4 is 0 Å². The van der Waals surface area contributed by atoms with Gasteiger partial charge in [-0.05, 0) is 62.7 Å². The maximum Gasteiger partial charge on any atom is -0.0320 e. The van der Waals surface area contributed by atoms with E-state index in [1.54, 1.807) is 5.57 Å². The van der Waals surface area contributed by atoms with Crippen LogP contribution in [0.15, 0.2) is 11.6 Å². The minimum Gasteiger partial charge on any atom is -0.0856 e. The number of allylic oxidation sites excluding steroid dienone is 2. The van der Waals surface area contributed by atoms with Crippen LogP contribution < -0.4 is 0 Å². The van der Waals surface area contributed by atoms with E-state index in [1.807, 2.05) is 0 Å². The van der Waals surface area contributed by atoms with E-state index >= 15 is 0 Å². The second-order valence-corrected chi connectivity index (χ2v) is 6.08. The fourth-order valence-electron chi connectivity index (χ4n) is 3.59. The first kappa shape index (κ1) is 10.3. The summed E-state index contributed by atoms with van der Waals surface area (Å²) in [5.41, 5.74) is 2.28. The van der Waals surface area contributed by atoms with Crippen LogP contribution in [-0.4, -0.2) is 0 Å². The SMILES string of the molecule is C/C1=C\CCC[C@H]2CC(C)(C)[C@@H]2CC1. The molecule has 0 aromatic carbocycles. The largest absolute Gasteiger partial charge is 0.0856 e. The molecule has 0 saturated heterocycles. The molecule has 0 nitrogen and oxygen atoms in total. The lowest BCUT2D eigenvalue weighted by molar-refractivity contribution is -0.0219. The standard InChI is InChI=1S/C14H24/c1-11-6-4-5-7-12-10-14(2,3)13(12)9-8-11/h6,12-13H,4-5,7-10H2,1-3H3/b11-6+/t12-,13+/m0/s1. The molecule has 80 valence electrons. The number of hydrogen-bond donors (Lipinski definition) is 0. The zero-order chi connectivity index (χ0) is 10.2. The molecule has 0 spiro atoms. The first-order chi connectivity index (χ1) is 6.59. The Balaban J connectivity index is 2.01. The lowest BCUT2D eigenvalue weighted by atomic mass is 9.53. The molecule has 1 saturated carbocycles. The van der Waals surface area contributed by atoms with Crippen molar-refractivity contribution in [2.75, 3.05) is 0 Å². The predicted octanol–water partition coefficient (Wildman–Crippen LogP) is 4.56. The first-order valence-electron chi connectivity index (χ1n) is 6.25. The van der Waals surface area contributed by atoms with Gasteiger partial charge in [0.1, 0.15) is 0 Å². The molecular formula is C14H24. The van der Waals surface area contributed by atoms with Crippen LogP contribution in [0.1, 0.15) is 59.3 Å². The zero-order valence-electron chi connectivity index (χ0n) is 9.97. The molecule has 0 aliphatic heterocycles. The summed E-state index contributed by atoms with van der Waals surface area (Å²) in [6.07, 6.45) is 11.0. The van der Waals surface area contributed by atoms with Gasteiger partial charge in [0, 0.05) is 0 Å². The van der Waals surface area contributed by atoms with Gasteiger partial charge in [-0.2, -0.15) is 0 Å². The molecule has 2 aliphatic rings. The van der Waals surface area contributed by atoms with E-state index in [1.165, 1.54) is 38.5 Å². The third kappa shape index (κ3) is 1.89. The lowest BCUT2D eigenvalue weighted by Crippen LogP contribution is -2.43. The maximum absolute atomic E-state index is 2.47. The Morgan fingerprint density at radius 2 is 2.07 bits per heavy atom. The van der Waals surface area contributed by atoms with Gasteiger partial charge in [0.15, 0.2) is 0 Å². The minimum atomic E-state index is 0.648. The van der Waals surface area contributed by atoms with Gasteiger partial charge >= 0.3 is 0 Å². The highest BCUT2D eigenvalue weighted by Crippen LogP contribution is 2.55. The van der Waals surface area contributed by atoms with Crippen LogP contribution in [0.25, 0.3) is 0 Å². The summed E-state index contributed by atoms with van der Waals surface area (Å²) in [7, 11) is 0. The predicted molar refractivity (Wildman–Crippen MR) is 62.2 cm³/mol. The molecule has 1 fully saturated rings. The summed E-state index contributed by atoms with van der Waals surface area (Å²) >= 11 is 0. The van der Waals surface area contributed by atoms with Crippen molar-refractivity contribution in [2.45, 2.75) is 59.3 Å². The highest BCUT2D eigenvalue weighted by Gasteiger charge is 2.45. The van der Waals surface area contributed by atoms with Gasteiger partial charge in [-0.25, -0.2) is 0 Å². The Morgan fingerprint density at radius 1 is 1.29 bits per heavy atom. The smallest absolute Gasteiger partial charge is 0.0320 e. The molecule has 0 aromatic rings. The monoisotopic (exact) mass is 192 g/mol. The Hall–Kier alpha value is -0.260. The second-order valence-electron chi connectivity index (χ2n) is 6.08. The van der Waals surface area contributed by atoms with E-state index in [0.29, 0.717) is 5.41 Å². The molecule has 2 aliphatic carbocycles. The maximum atomic E-state index is 2.47. The van der Waals surface area contributed by atoms with Gasteiger partial charge in [-0.1, -0.05) is 25.5 Å². The van der Waals surface area contributed by atoms with Crippen molar-refractivity contribution in [2.24, 2.45) is 17.3 Å². The number of rotatable bonds is 0. The highest BCUT2D eigenvalue weighted by atomic mass is 14.5. The summed E-state index contributed by atoms with van der Waals surface area (Å²) < 4.78 is 0. The van der Waals surface area contributed by atoms with Gasteiger partial charge in [0.2, 0.25) is 0 Å². The van der Waals surface area contributed by atoms with Crippen LogP contribution in [-0.2, 0) is 0 Å². The number of hydrogen-bond acceptors (Lipinski definition) is 0. The quantitative estimate of drug-likeness (QED) is 0.494. The number of fused-ring (bicyclic) bond motifs is 1. The molecular weight excluding hydrogens is 168 g/mol. The van der Waals surface area contributed by atoms with Gasteiger partial charge in [0.05, 0.1) is 0 Å². The summed E-state index contributed by atoms with van der Waals surface area (Å²) in [5, 5.41) is 0. The highest BCUT2D eigenvalue weighted by molar-refractivity contribution is 5.03. The Morgan fingerprint density at radius 3 is 2.79 bits per heavy atom. The lowest BCUT2D eigenvalue weighted by Gasteiger charge is -2.52. The molecule has 2 atom stereocenters. The molecule has 0 aromatic heterocycles. The first-order valence-corrected chi connectivity index (χ1v) is 6.25. The van der Waals surface area contributed by atoms with Crippen LogP contribution in [0.3, 0.4) is 0 Å². The van der Waals surface area contributed by atoms with Crippen molar-refractivity contribution in [3.63, 3.8) is 0 Å². The normalized spacial score (nSPS) is 40.6. The van der Waals surface area contributed by atoms with E-state index in [-0.39, 0.29) is 0 Å². The minimum absolute atomic E-state index is 0.648. The molecule has 0 amide bonds. The van der Waals surface area contributed by atoms with E-state index in [4.69, 9.17) is 0 Å². The summed E-state index contributed by atoms with van der Waals surface area (Å²) in [5.74, 6) is 2.08. The molecule has 0 N–H and O–H groups in total. The van der Waals surface area contributed by atoms with E-state index in [2.05, 4.69) is 26.8 Å². The zero-order valence-corrected chi connectivity index (χ0v) is 9.97. The van der Waals surface area contributed by atoms with Gasteiger partial charge in [0.25, 0.3) is 0 Å². The van der Waals surface area contributed by atoms with Gasteiger partial charge in [-0.15, -0.1) is 0 Å². The van der Waals surface area contributed by atoms with Crippen LogP contribution in [0, 0.1) is 17.3 Å². The Labute approximate surface area is 88.8 Å². The van der Waals surface area contributed by atoms with Gasteiger partial charge < -0.3 is 0 Å². The van der Waals surface area contributed by atoms with E-state index < -0.39 is 0 Å². The fraction of sp³-hybridized carbons (Fsp3) is 0.857. The van der Waals surface area contributed by atoms with Crippen molar-refractivity contribution < 1.29 is 0 Å². The second kappa shape index (κ2) is 3.72. The summed E-state index contributed by atoms with van der Waals surface area (Å²) in [6, 6.07) is 0. The molecule has 2 rings (SSSR count). The molecule has 0 radical (unpaired) electrons. The third-order valence-corrected chi connectivity index (χ3v) is 4.48. The summed E-state index contributed by atoms with van der Waals surface area (Å²) in [4.78, 5) is 0. The average Bonchev–Trinajstić information content (AvgIpc) is 2.15. The molecule has 0 unspecified atom stereocenters. The average molecular weight is 192 g/mol. The molecule has 0 heteroatoms.